The van der Waals surface area contributed by atoms with Gasteiger partial charge in [0.15, 0.2) is 11.5 Å². The topological polar surface area (TPSA) is 50.8 Å². The number of hydrogen-bond acceptors (Lipinski definition) is 4. The Morgan fingerprint density at radius 1 is 1.00 bits per heavy atom. The Kier molecular flexibility index (Phi) is 2.95. The first-order valence-corrected chi connectivity index (χ1v) is 8.39. The van der Waals surface area contributed by atoms with E-state index in [-0.39, 0.29) is 12.1 Å². The van der Waals surface area contributed by atoms with Crippen molar-refractivity contribution in [1.29, 1.82) is 0 Å². The average molecular weight is 322 g/mol. The van der Waals surface area contributed by atoms with Gasteiger partial charge in [0.2, 0.25) is 0 Å². The molecular weight excluding hydrogens is 304 g/mol. The van der Waals surface area contributed by atoms with E-state index in [0.29, 0.717) is 19.3 Å². The monoisotopic (exact) mass is 322 g/mol. The van der Waals surface area contributed by atoms with Crippen molar-refractivity contribution in [2.24, 2.45) is 0 Å². The van der Waals surface area contributed by atoms with Crippen LogP contribution >= 0.6 is 0 Å². The summed E-state index contributed by atoms with van der Waals surface area (Å²) < 4.78 is 11.3. The first-order valence-electron chi connectivity index (χ1n) is 8.39. The smallest absolute Gasteiger partial charge is 0.258 e. The summed E-state index contributed by atoms with van der Waals surface area (Å²) in [6.45, 7) is 1.14. The highest BCUT2D eigenvalue weighted by Crippen LogP contribution is 2.42. The fourth-order valence-corrected chi connectivity index (χ4v) is 3.47. The molecule has 0 saturated heterocycles. The van der Waals surface area contributed by atoms with E-state index in [4.69, 9.17) is 9.47 Å². The van der Waals surface area contributed by atoms with Crippen LogP contribution in [0.25, 0.3) is 0 Å². The van der Waals surface area contributed by atoms with Gasteiger partial charge in [-0.25, -0.2) is 0 Å². The molecule has 5 nitrogen and oxygen atoms in total. The molecule has 122 valence electrons. The van der Waals surface area contributed by atoms with E-state index in [1.165, 1.54) is 0 Å². The number of nitrogens with one attached hydrogen (secondary N) is 1. The molecule has 2 aromatic carbocycles. The van der Waals surface area contributed by atoms with E-state index < -0.39 is 0 Å². The van der Waals surface area contributed by atoms with Gasteiger partial charge >= 0.3 is 0 Å². The molecule has 2 aromatic rings. The molecule has 3 aliphatic rings. The number of nitrogens with zero attached hydrogens (tertiary/aromatic N) is 1. The van der Waals surface area contributed by atoms with Gasteiger partial charge in [-0.15, -0.1) is 0 Å². The lowest BCUT2D eigenvalue weighted by Crippen LogP contribution is -2.44. The molecule has 0 unspecified atom stereocenters. The molecule has 0 spiro atoms. The van der Waals surface area contributed by atoms with Gasteiger partial charge in [0, 0.05) is 11.7 Å². The second-order valence-electron chi connectivity index (χ2n) is 6.44. The summed E-state index contributed by atoms with van der Waals surface area (Å²) in [5, 5.41) is 3.53. The SMILES string of the molecule is O=C1c2ccccc2N[C@@H](c2ccc3c(c2)OCCO3)N1C1CC1. The van der Waals surface area contributed by atoms with Crippen LogP contribution in [0.2, 0.25) is 0 Å². The molecule has 2 heterocycles. The van der Waals surface area contributed by atoms with E-state index >= 15 is 0 Å². The second-order valence-corrected chi connectivity index (χ2v) is 6.44. The summed E-state index contributed by atoms with van der Waals surface area (Å²) in [6, 6.07) is 14.0. The highest BCUT2D eigenvalue weighted by atomic mass is 16.6. The van der Waals surface area contributed by atoms with Crippen molar-refractivity contribution >= 4 is 11.6 Å². The summed E-state index contributed by atoms with van der Waals surface area (Å²) in [4.78, 5) is 15.0. The zero-order valence-corrected chi connectivity index (χ0v) is 13.2. The zero-order valence-electron chi connectivity index (χ0n) is 13.2. The number of carbonyl (C=O) groups is 1. The number of carbonyl (C=O) groups excluding carboxylic acids is 1. The predicted octanol–water partition coefficient (Wildman–Crippen LogP) is 3.19. The maximum absolute atomic E-state index is 13.0. The molecule has 1 aliphatic carbocycles. The molecule has 0 radical (unpaired) electrons. The fraction of sp³-hybridized carbons (Fsp3) is 0.316. The molecule has 5 rings (SSSR count). The third kappa shape index (κ3) is 2.12. The fourth-order valence-electron chi connectivity index (χ4n) is 3.47. The molecular formula is C19H18N2O3. The van der Waals surface area contributed by atoms with Crippen LogP contribution in [-0.4, -0.2) is 30.1 Å². The van der Waals surface area contributed by atoms with Gasteiger partial charge in [0.05, 0.1) is 5.56 Å². The Morgan fingerprint density at radius 3 is 2.62 bits per heavy atom. The number of fused-ring (bicyclic) bond motifs is 2. The molecule has 0 aromatic heterocycles. The Labute approximate surface area is 140 Å². The molecule has 1 N–H and O–H groups in total. The lowest BCUT2D eigenvalue weighted by molar-refractivity contribution is 0.0666. The summed E-state index contributed by atoms with van der Waals surface area (Å²) in [6.07, 6.45) is 1.96. The summed E-state index contributed by atoms with van der Waals surface area (Å²) in [7, 11) is 0. The molecule has 0 bridgehead atoms. The van der Waals surface area contributed by atoms with Crippen molar-refractivity contribution in [2.45, 2.75) is 25.0 Å². The summed E-state index contributed by atoms with van der Waals surface area (Å²) >= 11 is 0. The number of amides is 1. The molecule has 2 aliphatic heterocycles. The summed E-state index contributed by atoms with van der Waals surface area (Å²) in [5.74, 6) is 1.62. The van der Waals surface area contributed by atoms with Crippen molar-refractivity contribution in [2.75, 3.05) is 18.5 Å². The predicted molar refractivity (Wildman–Crippen MR) is 89.4 cm³/mol. The minimum absolute atomic E-state index is 0.103. The first-order chi connectivity index (χ1) is 11.8. The molecule has 1 amide bonds. The van der Waals surface area contributed by atoms with Crippen molar-refractivity contribution in [3.63, 3.8) is 0 Å². The standard InChI is InChI=1S/C19H18N2O3/c22-19-14-3-1-2-4-15(14)20-18(21(19)13-6-7-13)12-5-8-16-17(11-12)24-10-9-23-16/h1-5,8,11,13,18,20H,6-7,9-10H2/t18-/m1/s1. The molecule has 5 heteroatoms. The van der Waals surface area contributed by atoms with Gasteiger partial charge < -0.3 is 19.7 Å². The largest absolute Gasteiger partial charge is 0.486 e. The van der Waals surface area contributed by atoms with Gasteiger partial charge in [-0.2, -0.15) is 0 Å². The van der Waals surface area contributed by atoms with Crippen LogP contribution in [0.1, 0.15) is 34.9 Å². The Hall–Kier alpha value is -2.69. The van der Waals surface area contributed by atoms with Crippen LogP contribution in [0.15, 0.2) is 42.5 Å². The normalized spacial score (nSPS) is 21.9. The van der Waals surface area contributed by atoms with E-state index in [1.807, 2.05) is 47.4 Å². The van der Waals surface area contributed by atoms with Crippen LogP contribution in [0.3, 0.4) is 0 Å². The molecule has 24 heavy (non-hydrogen) atoms. The number of rotatable bonds is 2. The number of benzene rings is 2. The van der Waals surface area contributed by atoms with Crippen molar-refractivity contribution in [3.05, 3.63) is 53.6 Å². The Bertz CT molecular complexity index is 816. The van der Waals surface area contributed by atoms with Crippen LogP contribution < -0.4 is 14.8 Å². The number of anilines is 1. The van der Waals surface area contributed by atoms with Crippen LogP contribution in [0.5, 0.6) is 11.5 Å². The van der Waals surface area contributed by atoms with Crippen molar-refractivity contribution in [3.8, 4) is 11.5 Å². The Morgan fingerprint density at radius 2 is 1.79 bits per heavy atom. The van der Waals surface area contributed by atoms with E-state index in [9.17, 15) is 4.79 Å². The van der Waals surface area contributed by atoms with Gasteiger partial charge in [-0.05, 0) is 42.7 Å². The summed E-state index contributed by atoms with van der Waals surface area (Å²) in [5.41, 5.74) is 2.66. The van der Waals surface area contributed by atoms with E-state index in [1.54, 1.807) is 0 Å². The van der Waals surface area contributed by atoms with E-state index in [2.05, 4.69) is 5.32 Å². The first kappa shape index (κ1) is 13.7. The highest BCUT2D eigenvalue weighted by Gasteiger charge is 2.42. The van der Waals surface area contributed by atoms with Gasteiger partial charge in [0.1, 0.15) is 19.4 Å². The lowest BCUT2D eigenvalue weighted by atomic mass is 10.0. The van der Waals surface area contributed by atoms with Gasteiger partial charge in [0.25, 0.3) is 5.91 Å². The van der Waals surface area contributed by atoms with Crippen molar-refractivity contribution in [1.82, 2.24) is 4.90 Å². The van der Waals surface area contributed by atoms with E-state index in [0.717, 1.165) is 41.2 Å². The Balaban J connectivity index is 1.57. The van der Waals surface area contributed by atoms with Crippen molar-refractivity contribution < 1.29 is 14.3 Å². The molecule has 1 atom stereocenters. The number of para-hydroxylation sites is 1. The maximum atomic E-state index is 13.0. The molecule has 1 saturated carbocycles. The molecule has 1 fully saturated rings. The minimum atomic E-state index is -0.171. The minimum Gasteiger partial charge on any atom is -0.486 e. The number of ether oxygens (including phenoxy) is 2. The van der Waals surface area contributed by atoms with Gasteiger partial charge in [-0.3, -0.25) is 4.79 Å². The maximum Gasteiger partial charge on any atom is 0.258 e. The van der Waals surface area contributed by atoms with Crippen LogP contribution in [-0.2, 0) is 0 Å². The third-order valence-electron chi connectivity index (χ3n) is 4.78. The highest BCUT2D eigenvalue weighted by molar-refractivity contribution is 6.02. The third-order valence-corrected chi connectivity index (χ3v) is 4.78. The lowest BCUT2D eigenvalue weighted by Gasteiger charge is -2.38. The average Bonchev–Trinajstić information content (AvgIpc) is 3.46. The van der Waals surface area contributed by atoms with Crippen LogP contribution in [0, 0.1) is 0 Å². The second kappa shape index (κ2) is 5.16. The zero-order chi connectivity index (χ0) is 16.1. The van der Waals surface area contributed by atoms with Gasteiger partial charge in [-0.1, -0.05) is 18.2 Å². The van der Waals surface area contributed by atoms with Crippen LogP contribution in [0.4, 0.5) is 5.69 Å². The quantitative estimate of drug-likeness (QED) is 0.922. The number of hydrogen-bond donors (Lipinski definition) is 1.